The third kappa shape index (κ3) is 2.69. The predicted octanol–water partition coefficient (Wildman–Crippen LogP) is 2.94. The van der Waals surface area contributed by atoms with Gasteiger partial charge < -0.3 is 0 Å². The van der Waals surface area contributed by atoms with Crippen LogP contribution in [0.3, 0.4) is 0 Å². The van der Waals surface area contributed by atoms with Crippen molar-refractivity contribution in [3.63, 3.8) is 0 Å². The second-order valence-corrected chi connectivity index (χ2v) is 4.82. The molecule has 4 heteroatoms. The monoisotopic (exact) mass is 294 g/mol. The Morgan fingerprint density at radius 1 is 1.29 bits per heavy atom. The fourth-order valence-corrected chi connectivity index (χ4v) is 2.30. The van der Waals surface area contributed by atoms with Gasteiger partial charge in [0.05, 0.1) is 12.2 Å². The summed E-state index contributed by atoms with van der Waals surface area (Å²) in [4.78, 5) is 12.0. The molecule has 0 aliphatic heterocycles. The molecule has 0 unspecified atom stereocenters. The van der Waals surface area contributed by atoms with E-state index in [-0.39, 0.29) is 5.56 Å². The van der Waals surface area contributed by atoms with E-state index >= 15 is 0 Å². The van der Waals surface area contributed by atoms with Gasteiger partial charge in [-0.3, -0.25) is 9.89 Å². The molecule has 1 heterocycles. The predicted molar refractivity (Wildman–Crippen MR) is 72.3 cm³/mol. The average Bonchev–Trinajstić information content (AvgIpc) is 2.60. The summed E-state index contributed by atoms with van der Waals surface area (Å²) in [7, 11) is 0. The summed E-state index contributed by atoms with van der Waals surface area (Å²) >= 11 is 3.35. The fourth-order valence-electron chi connectivity index (χ4n) is 1.80. The van der Waals surface area contributed by atoms with Crippen molar-refractivity contribution in [3.8, 4) is 0 Å². The maximum Gasteiger partial charge on any atom is 0.281 e. The first-order valence-corrected chi connectivity index (χ1v) is 6.52. The summed E-state index contributed by atoms with van der Waals surface area (Å²) in [5.74, 6) is 0. The molecule has 0 atom stereocenters. The Bertz CT molecular complexity index is 542. The highest BCUT2D eigenvalue weighted by atomic mass is 79.9. The summed E-state index contributed by atoms with van der Waals surface area (Å²) in [5.41, 5.74) is 2.11. The molecule has 0 aliphatic carbocycles. The van der Waals surface area contributed by atoms with E-state index in [1.807, 2.05) is 30.3 Å². The number of hydrogen-bond acceptors (Lipinski definition) is 1. The van der Waals surface area contributed by atoms with Crippen LogP contribution in [0.1, 0.15) is 24.6 Å². The van der Waals surface area contributed by atoms with Gasteiger partial charge in [0.25, 0.3) is 5.56 Å². The zero-order valence-electron chi connectivity index (χ0n) is 9.74. The lowest BCUT2D eigenvalue weighted by Gasteiger charge is -2.01. The van der Waals surface area contributed by atoms with Crippen molar-refractivity contribution in [1.29, 1.82) is 0 Å². The van der Waals surface area contributed by atoms with Crippen LogP contribution in [0.15, 0.2) is 39.6 Å². The Morgan fingerprint density at radius 3 is 2.65 bits per heavy atom. The van der Waals surface area contributed by atoms with Crippen molar-refractivity contribution in [1.82, 2.24) is 9.78 Å². The molecular formula is C13H15BrN2O. The lowest BCUT2D eigenvalue weighted by atomic mass is 10.2. The minimum atomic E-state index is 0.0114. The van der Waals surface area contributed by atoms with Crippen molar-refractivity contribution in [3.05, 3.63) is 56.4 Å². The van der Waals surface area contributed by atoms with Crippen LogP contribution in [0.5, 0.6) is 0 Å². The molecule has 0 fully saturated rings. The van der Waals surface area contributed by atoms with Gasteiger partial charge in [0, 0.05) is 0 Å². The molecule has 0 saturated heterocycles. The first-order chi connectivity index (χ1) is 8.22. The first-order valence-electron chi connectivity index (χ1n) is 5.73. The Balaban J connectivity index is 2.28. The molecule has 2 rings (SSSR count). The summed E-state index contributed by atoms with van der Waals surface area (Å²) in [6.07, 6.45) is 1.90. The van der Waals surface area contributed by atoms with Crippen LogP contribution in [-0.2, 0) is 13.0 Å². The van der Waals surface area contributed by atoms with E-state index in [1.165, 1.54) is 0 Å². The van der Waals surface area contributed by atoms with Crippen LogP contribution in [0.4, 0.5) is 0 Å². The zero-order chi connectivity index (χ0) is 12.3. The molecule has 0 radical (unpaired) electrons. The molecule has 0 bridgehead atoms. The molecule has 17 heavy (non-hydrogen) atoms. The second-order valence-electron chi connectivity index (χ2n) is 4.03. The number of aryl methyl sites for hydroxylation is 1. The Labute approximate surface area is 109 Å². The van der Waals surface area contributed by atoms with E-state index in [4.69, 9.17) is 0 Å². The summed E-state index contributed by atoms with van der Waals surface area (Å²) in [6.45, 7) is 2.68. The van der Waals surface area contributed by atoms with Gasteiger partial charge >= 0.3 is 0 Å². The maximum atomic E-state index is 12.0. The number of H-pyrrole nitrogens is 1. The quantitative estimate of drug-likeness (QED) is 0.925. The van der Waals surface area contributed by atoms with Crippen LogP contribution in [0, 0.1) is 0 Å². The molecule has 0 aliphatic rings. The molecule has 3 nitrogen and oxygen atoms in total. The number of aromatic amines is 1. The van der Waals surface area contributed by atoms with E-state index in [1.54, 1.807) is 4.68 Å². The second kappa shape index (κ2) is 5.36. The maximum absolute atomic E-state index is 12.0. The minimum absolute atomic E-state index is 0.0114. The van der Waals surface area contributed by atoms with Crippen molar-refractivity contribution in [2.24, 2.45) is 0 Å². The Kier molecular flexibility index (Phi) is 3.84. The average molecular weight is 295 g/mol. The molecule has 0 saturated carbocycles. The van der Waals surface area contributed by atoms with Crippen molar-refractivity contribution in [2.45, 2.75) is 26.3 Å². The zero-order valence-corrected chi connectivity index (χ0v) is 11.3. The van der Waals surface area contributed by atoms with Gasteiger partial charge in [-0.15, -0.1) is 0 Å². The van der Waals surface area contributed by atoms with Gasteiger partial charge in [-0.1, -0.05) is 43.7 Å². The molecule has 1 aromatic heterocycles. The minimum Gasteiger partial charge on any atom is -0.298 e. The molecule has 1 aromatic carbocycles. The highest BCUT2D eigenvalue weighted by Crippen LogP contribution is 2.12. The number of aromatic nitrogens is 2. The van der Waals surface area contributed by atoms with Crippen LogP contribution in [-0.4, -0.2) is 9.78 Å². The topological polar surface area (TPSA) is 37.8 Å². The highest BCUT2D eigenvalue weighted by molar-refractivity contribution is 9.10. The van der Waals surface area contributed by atoms with E-state index in [2.05, 4.69) is 28.0 Å². The highest BCUT2D eigenvalue weighted by Gasteiger charge is 2.10. The molecule has 2 aromatic rings. The molecular weight excluding hydrogens is 280 g/mol. The SMILES string of the molecule is CCCc1[nH]n(Cc2ccccc2)c(=O)c1Br. The number of hydrogen-bond donors (Lipinski definition) is 1. The number of benzene rings is 1. The molecule has 90 valence electrons. The summed E-state index contributed by atoms with van der Waals surface area (Å²) in [6, 6.07) is 9.96. The van der Waals surface area contributed by atoms with Gasteiger partial charge in [0.15, 0.2) is 0 Å². The first kappa shape index (κ1) is 12.2. The third-order valence-electron chi connectivity index (χ3n) is 2.65. The van der Waals surface area contributed by atoms with Crippen molar-refractivity contribution >= 4 is 15.9 Å². The van der Waals surface area contributed by atoms with E-state index in [9.17, 15) is 4.79 Å². The lowest BCUT2D eigenvalue weighted by molar-refractivity contribution is 0.648. The number of rotatable bonds is 4. The number of nitrogens with zero attached hydrogens (tertiary/aromatic N) is 1. The van der Waals surface area contributed by atoms with Crippen LogP contribution >= 0.6 is 15.9 Å². The third-order valence-corrected chi connectivity index (χ3v) is 3.47. The summed E-state index contributed by atoms with van der Waals surface area (Å²) < 4.78 is 2.31. The van der Waals surface area contributed by atoms with Crippen LogP contribution in [0.2, 0.25) is 0 Å². The molecule has 1 N–H and O–H groups in total. The number of halogens is 1. The smallest absolute Gasteiger partial charge is 0.281 e. The van der Waals surface area contributed by atoms with Gasteiger partial charge in [0.1, 0.15) is 4.47 Å². The molecule has 0 spiro atoms. The van der Waals surface area contributed by atoms with E-state index < -0.39 is 0 Å². The van der Waals surface area contributed by atoms with Crippen LogP contribution in [0.25, 0.3) is 0 Å². The largest absolute Gasteiger partial charge is 0.298 e. The lowest BCUT2D eigenvalue weighted by Crippen LogP contribution is -2.17. The van der Waals surface area contributed by atoms with E-state index in [0.29, 0.717) is 11.0 Å². The van der Waals surface area contributed by atoms with E-state index in [0.717, 1.165) is 24.1 Å². The molecule has 0 amide bonds. The van der Waals surface area contributed by atoms with Crippen molar-refractivity contribution < 1.29 is 0 Å². The normalized spacial score (nSPS) is 10.7. The van der Waals surface area contributed by atoms with Gasteiger partial charge in [-0.2, -0.15) is 0 Å². The van der Waals surface area contributed by atoms with Crippen LogP contribution < -0.4 is 5.56 Å². The van der Waals surface area contributed by atoms with Gasteiger partial charge in [0.2, 0.25) is 0 Å². The Morgan fingerprint density at radius 2 is 2.00 bits per heavy atom. The fraction of sp³-hybridized carbons (Fsp3) is 0.308. The summed E-state index contributed by atoms with van der Waals surface area (Å²) in [5, 5.41) is 3.16. The number of nitrogens with one attached hydrogen (secondary N) is 1. The Hall–Kier alpha value is -1.29. The van der Waals surface area contributed by atoms with Crippen molar-refractivity contribution in [2.75, 3.05) is 0 Å². The van der Waals surface area contributed by atoms with Gasteiger partial charge in [-0.25, -0.2) is 4.68 Å². The van der Waals surface area contributed by atoms with Gasteiger partial charge in [-0.05, 0) is 27.9 Å². The standard InChI is InChI=1S/C13H15BrN2O/c1-2-6-11-12(14)13(17)16(15-11)9-10-7-4-3-5-8-10/h3-5,7-8,15H,2,6,9H2,1H3.